The molecule has 49 heavy (non-hydrogen) atoms. The van der Waals surface area contributed by atoms with E-state index in [1.807, 2.05) is 13.8 Å². The minimum atomic E-state index is -1.41. The van der Waals surface area contributed by atoms with Crippen molar-refractivity contribution in [3.8, 4) is 0 Å². The Kier molecular flexibility index (Phi) is 4.44. The number of nitrogens with zero attached hydrogens (tertiary/aromatic N) is 1. The summed E-state index contributed by atoms with van der Waals surface area (Å²) in [6.07, 6.45) is 2.10. The van der Waals surface area contributed by atoms with Gasteiger partial charge in [0.15, 0.2) is 5.79 Å². The van der Waals surface area contributed by atoms with Crippen LogP contribution in [0.15, 0.2) is 36.4 Å². The van der Waals surface area contributed by atoms with Gasteiger partial charge in [0.1, 0.15) is 17.8 Å². The normalized spacial score (nSPS) is 26.6. The summed E-state index contributed by atoms with van der Waals surface area (Å²) in [5.41, 5.74) is 9.97. The van der Waals surface area contributed by atoms with Gasteiger partial charge in [-0.3, -0.25) is 0 Å². The van der Waals surface area contributed by atoms with Gasteiger partial charge < -0.3 is 29.4 Å². The van der Waals surface area contributed by atoms with Gasteiger partial charge in [-0.2, -0.15) is 0 Å². The Bertz CT molecular complexity index is 2770. The Morgan fingerprint density at radius 2 is 1.16 bits per heavy atom. The van der Waals surface area contributed by atoms with Crippen LogP contribution in [0.25, 0.3) is 86.4 Å². The average molecular weight is 646 g/mol. The zero-order valence-corrected chi connectivity index (χ0v) is 27.6. The summed E-state index contributed by atoms with van der Waals surface area (Å²) in [6.45, 7) is 4.91. The predicted molar refractivity (Wildman–Crippen MR) is 194 cm³/mol. The van der Waals surface area contributed by atoms with Gasteiger partial charge in [0.2, 0.25) is 0 Å². The van der Waals surface area contributed by atoms with Crippen LogP contribution in [0.5, 0.6) is 0 Å². The average Bonchev–Trinajstić information content (AvgIpc) is 3.76. The summed E-state index contributed by atoms with van der Waals surface area (Å²) in [6, 6.07) is 14.7. The highest BCUT2D eigenvalue weighted by Crippen LogP contribution is 2.61. The molecule has 4 heterocycles. The molecule has 9 aromatic rings. The first-order chi connectivity index (χ1) is 23.9. The number of ether oxygens (including phenoxy) is 2. The van der Waals surface area contributed by atoms with Crippen LogP contribution in [0, 0.1) is 0 Å². The van der Waals surface area contributed by atoms with Crippen molar-refractivity contribution in [3.05, 3.63) is 69.8 Å². The zero-order valence-electron chi connectivity index (χ0n) is 27.6. The second-order valence-electron chi connectivity index (χ2n) is 15.6. The number of aromatic nitrogens is 1. The molecule has 0 radical (unpaired) electrons. The molecule has 3 aliphatic heterocycles. The van der Waals surface area contributed by atoms with E-state index in [0.717, 1.165) is 25.7 Å². The summed E-state index contributed by atoms with van der Waals surface area (Å²) in [4.78, 5) is 0. The lowest BCUT2D eigenvalue weighted by Gasteiger charge is -2.55. The first kappa shape index (κ1) is 26.8. The summed E-state index contributed by atoms with van der Waals surface area (Å²) in [7, 11) is 0. The SMILES string of the molecule is CC.OC1C(O)C2(OCCn3c4c5cc6c7c8c(cc9ccc%10cc%11c%12c%13c(cc(c3c%13c(c3c8c9c%10c%123)c74)CC5)C%11)C6)CCC1(O)CO2. The standard InChI is InChI=1S/C41H29NO5.C2H6/c43-38-39(44)41(6-5-40(38,45)15-47-41)46-8-7-42-36-18-3-4-19-12-23-14-21-10-17-2-1-16-9-20-13-22(11-18)28-26(20)30-24(16)25(17)31-27(21)29(23)35(37(19)42)33(32(30)31)34(28)36;1-2/h1-2,9-12,38-39,43-45H,3-8,13-15H2;1-2H3. The van der Waals surface area contributed by atoms with E-state index in [4.69, 9.17) is 9.47 Å². The Labute approximate surface area is 280 Å². The number of hydrogen-bond acceptors (Lipinski definition) is 5. The number of aliphatic hydroxyl groups excluding tert-OH is 2. The highest BCUT2D eigenvalue weighted by atomic mass is 16.7. The van der Waals surface area contributed by atoms with E-state index in [1.165, 1.54) is 120 Å². The highest BCUT2D eigenvalue weighted by Gasteiger charge is 2.61. The molecule has 6 heteroatoms. The fourth-order valence-electron chi connectivity index (χ4n) is 11.8. The van der Waals surface area contributed by atoms with Gasteiger partial charge in [0, 0.05) is 34.5 Å². The summed E-state index contributed by atoms with van der Waals surface area (Å²) in [5, 5.41) is 52.9. The number of aryl methyl sites for hydroxylation is 2. The molecule has 2 saturated heterocycles. The predicted octanol–water partition coefficient (Wildman–Crippen LogP) is 7.39. The molecule has 6 aliphatic rings. The van der Waals surface area contributed by atoms with Gasteiger partial charge >= 0.3 is 0 Å². The van der Waals surface area contributed by atoms with Gasteiger partial charge in [-0.25, -0.2) is 0 Å². The van der Waals surface area contributed by atoms with E-state index in [2.05, 4.69) is 41.0 Å². The van der Waals surface area contributed by atoms with E-state index >= 15 is 0 Å². The molecule has 0 spiro atoms. The second kappa shape index (κ2) is 8.12. The highest BCUT2D eigenvalue weighted by molar-refractivity contribution is 6.55. The van der Waals surface area contributed by atoms with Gasteiger partial charge in [0.25, 0.3) is 0 Å². The van der Waals surface area contributed by atoms with Crippen molar-refractivity contribution < 1.29 is 24.8 Å². The first-order valence-electron chi connectivity index (χ1n) is 18.3. The van der Waals surface area contributed by atoms with E-state index in [1.54, 1.807) is 0 Å². The molecule has 6 nitrogen and oxygen atoms in total. The van der Waals surface area contributed by atoms with Crippen LogP contribution in [-0.4, -0.2) is 56.7 Å². The van der Waals surface area contributed by atoms with Crippen molar-refractivity contribution in [2.24, 2.45) is 0 Å². The molecule has 1 aromatic heterocycles. The summed E-state index contributed by atoms with van der Waals surface area (Å²) in [5.74, 6) is -1.30. The van der Waals surface area contributed by atoms with Gasteiger partial charge in [-0.05, 0) is 119 Å². The number of fused-ring (bicyclic) bond motifs is 3. The largest absolute Gasteiger partial charge is 0.387 e. The molecule has 3 fully saturated rings. The van der Waals surface area contributed by atoms with Crippen molar-refractivity contribution >= 4 is 86.4 Å². The molecular weight excluding hydrogens is 610 g/mol. The van der Waals surface area contributed by atoms with E-state index < -0.39 is 23.6 Å². The molecular formula is C43H35NO5. The Morgan fingerprint density at radius 3 is 1.71 bits per heavy atom. The van der Waals surface area contributed by atoms with Crippen molar-refractivity contribution in [3.63, 3.8) is 0 Å². The number of pyridine rings is 1. The quantitative estimate of drug-likeness (QED) is 0.137. The maximum atomic E-state index is 11.0. The molecule has 3 N–H and O–H groups in total. The second-order valence-corrected chi connectivity index (χ2v) is 15.6. The molecule has 3 aliphatic carbocycles. The maximum Gasteiger partial charge on any atom is 0.197 e. The third kappa shape index (κ3) is 2.65. The number of aliphatic hydroxyl groups is 3. The van der Waals surface area contributed by atoms with Crippen molar-refractivity contribution in [2.45, 2.75) is 82.5 Å². The molecule has 4 atom stereocenters. The topological polar surface area (TPSA) is 84.1 Å². The minimum absolute atomic E-state index is 0.0312. The van der Waals surface area contributed by atoms with Crippen LogP contribution in [0.3, 0.4) is 0 Å². The van der Waals surface area contributed by atoms with Gasteiger partial charge in [-0.1, -0.05) is 50.2 Å². The third-order valence-electron chi connectivity index (χ3n) is 13.6. The van der Waals surface area contributed by atoms with Crippen LogP contribution >= 0.6 is 0 Å². The molecule has 8 aromatic carbocycles. The van der Waals surface area contributed by atoms with E-state index in [0.29, 0.717) is 26.0 Å². The fourth-order valence-corrected chi connectivity index (χ4v) is 11.8. The smallest absolute Gasteiger partial charge is 0.197 e. The van der Waals surface area contributed by atoms with Crippen LogP contribution in [0.2, 0.25) is 0 Å². The Balaban J connectivity index is 0.00000131. The number of rotatable bonds is 4. The van der Waals surface area contributed by atoms with E-state index in [9.17, 15) is 15.3 Å². The van der Waals surface area contributed by atoms with Crippen molar-refractivity contribution in [2.75, 3.05) is 13.2 Å². The van der Waals surface area contributed by atoms with E-state index in [-0.39, 0.29) is 6.61 Å². The van der Waals surface area contributed by atoms with Gasteiger partial charge in [0.05, 0.1) is 24.2 Å². The monoisotopic (exact) mass is 645 g/mol. The van der Waals surface area contributed by atoms with Crippen LogP contribution in [-0.2, 0) is 41.7 Å². The zero-order chi connectivity index (χ0) is 32.5. The first-order valence-corrected chi connectivity index (χ1v) is 18.3. The van der Waals surface area contributed by atoms with Crippen molar-refractivity contribution in [1.29, 1.82) is 0 Å². The summed E-state index contributed by atoms with van der Waals surface area (Å²) < 4.78 is 15.0. The van der Waals surface area contributed by atoms with Crippen molar-refractivity contribution in [1.82, 2.24) is 4.57 Å². The van der Waals surface area contributed by atoms with Crippen LogP contribution in [0.1, 0.15) is 60.1 Å². The van der Waals surface area contributed by atoms with Gasteiger partial charge in [-0.15, -0.1) is 0 Å². The lowest BCUT2D eigenvalue weighted by Crippen LogP contribution is -2.72. The Morgan fingerprint density at radius 1 is 0.653 bits per heavy atom. The maximum absolute atomic E-state index is 11.0. The third-order valence-corrected chi connectivity index (χ3v) is 13.6. The molecule has 242 valence electrons. The fraction of sp³-hybridized carbons (Fsp3) is 0.349. The molecule has 15 rings (SSSR count). The Hall–Kier alpha value is -4.04. The molecule has 1 saturated carbocycles. The lowest BCUT2D eigenvalue weighted by atomic mass is 9.74. The van der Waals surface area contributed by atoms with Crippen LogP contribution in [0.4, 0.5) is 0 Å². The molecule has 4 bridgehead atoms. The summed E-state index contributed by atoms with van der Waals surface area (Å²) >= 11 is 0. The molecule has 4 unspecified atom stereocenters. The van der Waals surface area contributed by atoms with Crippen LogP contribution < -0.4 is 0 Å². The lowest BCUT2D eigenvalue weighted by molar-refractivity contribution is -0.390. The number of benzene rings is 7. The number of hydrogen-bond donors (Lipinski definition) is 3. The molecule has 0 amide bonds. The minimum Gasteiger partial charge on any atom is -0.387 e.